The van der Waals surface area contributed by atoms with Gasteiger partial charge in [-0.25, -0.2) is 0 Å². The first-order chi connectivity index (χ1) is 11.2. The van der Waals surface area contributed by atoms with Crippen LogP contribution in [0.25, 0.3) is 0 Å². The summed E-state index contributed by atoms with van der Waals surface area (Å²) in [6.45, 7) is 2.41. The van der Waals surface area contributed by atoms with Crippen molar-refractivity contribution >= 4 is 17.7 Å². The number of hydrogen-bond acceptors (Lipinski definition) is 5. The predicted molar refractivity (Wildman–Crippen MR) is 88.0 cm³/mol. The number of carbonyl (C=O) groups is 1. The lowest BCUT2D eigenvalue weighted by Gasteiger charge is -2.14. The van der Waals surface area contributed by atoms with E-state index >= 15 is 0 Å². The Labute approximate surface area is 139 Å². The highest BCUT2D eigenvalue weighted by Gasteiger charge is 2.28. The van der Waals surface area contributed by atoms with Gasteiger partial charge >= 0.3 is 0 Å². The van der Waals surface area contributed by atoms with E-state index in [9.17, 15) is 4.79 Å². The molecule has 1 aliphatic heterocycles. The van der Waals surface area contributed by atoms with E-state index in [0.29, 0.717) is 6.54 Å². The van der Waals surface area contributed by atoms with Crippen LogP contribution < -0.4 is 4.84 Å². The van der Waals surface area contributed by atoms with E-state index in [1.165, 1.54) is 17.1 Å². The monoisotopic (exact) mass is 330 g/mol. The smallest absolute Gasteiger partial charge is 0.281 e. The summed E-state index contributed by atoms with van der Waals surface area (Å²) in [4.78, 5) is 23.3. The molecule has 0 saturated carbocycles. The SMILES string of the molecule is COCC(=O)N1Cc2cnc(CSc3ccccc3)c(C)c2O1. The number of carbonyl (C=O) groups excluding carboxylic acids is 1. The van der Waals surface area contributed by atoms with E-state index in [-0.39, 0.29) is 12.5 Å². The Kier molecular flexibility index (Phi) is 4.83. The Morgan fingerprint density at radius 3 is 2.91 bits per heavy atom. The van der Waals surface area contributed by atoms with Crippen LogP contribution in [0.2, 0.25) is 0 Å². The summed E-state index contributed by atoms with van der Waals surface area (Å²) in [5, 5.41) is 1.33. The number of nitrogens with zero attached hydrogens (tertiary/aromatic N) is 2. The summed E-state index contributed by atoms with van der Waals surface area (Å²) in [7, 11) is 1.49. The second-order valence-electron chi connectivity index (χ2n) is 5.24. The summed E-state index contributed by atoms with van der Waals surface area (Å²) < 4.78 is 4.87. The van der Waals surface area contributed by atoms with Crippen molar-refractivity contribution in [2.24, 2.45) is 0 Å². The lowest BCUT2D eigenvalue weighted by atomic mass is 10.1. The predicted octanol–water partition coefficient (Wildman–Crippen LogP) is 2.96. The molecule has 1 aliphatic rings. The summed E-state index contributed by atoms with van der Waals surface area (Å²) in [5.74, 6) is 1.31. The minimum atomic E-state index is -0.191. The van der Waals surface area contributed by atoms with Crippen molar-refractivity contribution in [1.82, 2.24) is 10.0 Å². The second-order valence-corrected chi connectivity index (χ2v) is 6.29. The summed E-state index contributed by atoms with van der Waals surface area (Å²) >= 11 is 1.73. The van der Waals surface area contributed by atoms with Crippen molar-refractivity contribution in [2.75, 3.05) is 13.7 Å². The van der Waals surface area contributed by atoms with Crippen molar-refractivity contribution in [1.29, 1.82) is 0 Å². The average Bonchev–Trinajstić information content (AvgIpc) is 3.01. The summed E-state index contributed by atoms with van der Waals surface area (Å²) in [6.07, 6.45) is 1.79. The van der Waals surface area contributed by atoms with Crippen molar-refractivity contribution in [3.63, 3.8) is 0 Å². The fraction of sp³-hybridized carbons (Fsp3) is 0.294. The van der Waals surface area contributed by atoms with E-state index in [0.717, 1.165) is 28.3 Å². The first kappa shape index (κ1) is 15.8. The number of thioether (sulfide) groups is 1. The van der Waals surface area contributed by atoms with Gasteiger partial charge in [-0.1, -0.05) is 18.2 Å². The topological polar surface area (TPSA) is 51.7 Å². The third-order valence-electron chi connectivity index (χ3n) is 3.62. The first-order valence-corrected chi connectivity index (χ1v) is 8.30. The zero-order valence-corrected chi connectivity index (χ0v) is 13.9. The van der Waals surface area contributed by atoms with E-state index in [4.69, 9.17) is 9.57 Å². The minimum absolute atomic E-state index is 0.0111. The molecule has 0 atom stereocenters. The number of aromatic nitrogens is 1. The van der Waals surface area contributed by atoms with Gasteiger partial charge < -0.3 is 9.57 Å². The minimum Gasteiger partial charge on any atom is -0.376 e. The number of amides is 1. The Morgan fingerprint density at radius 1 is 1.39 bits per heavy atom. The van der Waals surface area contributed by atoms with Crippen LogP contribution >= 0.6 is 11.8 Å². The molecule has 120 valence electrons. The number of benzene rings is 1. The van der Waals surface area contributed by atoms with Gasteiger partial charge in [0, 0.05) is 35.1 Å². The van der Waals surface area contributed by atoms with Crippen LogP contribution in [0.5, 0.6) is 5.75 Å². The Hall–Kier alpha value is -2.05. The van der Waals surface area contributed by atoms with Crippen molar-refractivity contribution < 1.29 is 14.4 Å². The molecule has 2 aromatic rings. The lowest BCUT2D eigenvalue weighted by molar-refractivity contribution is -0.159. The molecule has 0 radical (unpaired) electrons. The van der Waals surface area contributed by atoms with E-state index in [2.05, 4.69) is 17.1 Å². The van der Waals surface area contributed by atoms with Gasteiger partial charge in [-0.15, -0.1) is 11.8 Å². The van der Waals surface area contributed by atoms with Crippen LogP contribution in [0.15, 0.2) is 41.4 Å². The molecule has 0 fully saturated rings. The Morgan fingerprint density at radius 2 is 2.17 bits per heavy atom. The number of ether oxygens (including phenoxy) is 1. The van der Waals surface area contributed by atoms with Crippen molar-refractivity contribution in [3.8, 4) is 5.75 Å². The van der Waals surface area contributed by atoms with Crippen LogP contribution in [-0.2, 0) is 21.8 Å². The molecule has 0 N–H and O–H groups in total. The second kappa shape index (κ2) is 7.02. The molecule has 0 bridgehead atoms. The van der Waals surface area contributed by atoms with E-state index in [1.807, 2.05) is 25.1 Å². The molecule has 5 nitrogen and oxygen atoms in total. The van der Waals surface area contributed by atoms with Crippen molar-refractivity contribution in [2.45, 2.75) is 24.1 Å². The zero-order chi connectivity index (χ0) is 16.2. The van der Waals surface area contributed by atoms with Gasteiger partial charge in [0.05, 0.1) is 12.2 Å². The molecule has 1 aromatic heterocycles. The average molecular weight is 330 g/mol. The lowest BCUT2D eigenvalue weighted by Crippen LogP contribution is -2.32. The maximum Gasteiger partial charge on any atom is 0.281 e. The first-order valence-electron chi connectivity index (χ1n) is 7.31. The zero-order valence-electron chi connectivity index (χ0n) is 13.1. The van der Waals surface area contributed by atoms with Gasteiger partial charge in [0.25, 0.3) is 5.91 Å². The highest BCUT2D eigenvalue weighted by molar-refractivity contribution is 7.98. The normalized spacial score (nSPS) is 12.9. The molecular weight excluding hydrogens is 312 g/mol. The largest absolute Gasteiger partial charge is 0.376 e. The number of methoxy groups -OCH3 is 1. The number of hydrogen-bond donors (Lipinski definition) is 0. The van der Waals surface area contributed by atoms with Crippen LogP contribution in [0, 0.1) is 6.92 Å². The quantitative estimate of drug-likeness (QED) is 0.789. The number of pyridine rings is 1. The highest BCUT2D eigenvalue weighted by Crippen LogP contribution is 2.34. The van der Waals surface area contributed by atoms with Crippen LogP contribution in [-0.4, -0.2) is 29.7 Å². The fourth-order valence-corrected chi connectivity index (χ4v) is 3.31. The molecule has 2 heterocycles. The van der Waals surface area contributed by atoms with Gasteiger partial charge in [-0.05, 0) is 19.1 Å². The molecule has 0 aliphatic carbocycles. The third-order valence-corrected chi connectivity index (χ3v) is 4.64. The molecular formula is C17H18N2O3S. The summed E-state index contributed by atoms with van der Waals surface area (Å²) in [5.41, 5.74) is 2.89. The van der Waals surface area contributed by atoms with Gasteiger partial charge in [0.15, 0.2) is 5.75 Å². The van der Waals surface area contributed by atoms with Crippen LogP contribution in [0.1, 0.15) is 16.8 Å². The maximum atomic E-state index is 11.9. The molecule has 23 heavy (non-hydrogen) atoms. The van der Waals surface area contributed by atoms with E-state index < -0.39 is 0 Å². The molecule has 0 unspecified atom stereocenters. The maximum absolute atomic E-state index is 11.9. The third kappa shape index (κ3) is 3.48. The molecule has 6 heteroatoms. The van der Waals surface area contributed by atoms with Crippen LogP contribution in [0.4, 0.5) is 0 Å². The van der Waals surface area contributed by atoms with Gasteiger partial charge in [-0.2, -0.15) is 5.06 Å². The Balaban J connectivity index is 1.72. The van der Waals surface area contributed by atoms with Gasteiger partial charge in [0.1, 0.15) is 6.61 Å². The van der Waals surface area contributed by atoms with Crippen molar-refractivity contribution in [3.05, 3.63) is 53.3 Å². The van der Waals surface area contributed by atoms with Gasteiger partial charge in [-0.3, -0.25) is 9.78 Å². The number of rotatable bonds is 5. The molecule has 1 aromatic carbocycles. The molecule has 0 saturated heterocycles. The van der Waals surface area contributed by atoms with Gasteiger partial charge in [0.2, 0.25) is 0 Å². The highest BCUT2D eigenvalue weighted by atomic mass is 32.2. The van der Waals surface area contributed by atoms with E-state index in [1.54, 1.807) is 18.0 Å². The summed E-state index contributed by atoms with van der Waals surface area (Å²) in [6, 6.07) is 10.2. The number of fused-ring (bicyclic) bond motifs is 1. The molecule has 3 rings (SSSR count). The Bertz CT molecular complexity index is 706. The molecule has 0 spiro atoms. The number of hydroxylamine groups is 2. The van der Waals surface area contributed by atoms with Crippen LogP contribution in [0.3, 0.4) is 0 Å². The molecule has 1 amide bonds. The standard InChI is InChI=1S/C17H18N2O3S/c1-12-15(11-23-14-6-4-3-5-7-14)18-8-13-9-19(22-17(12)13)16(20)10-21-2/h3-8H,9-11H2,1-2H3. The fourth-order valence-electron chi connectivity index (χ4n) is 2.37.